The smallest absolute Gasteiger partial charge is 0.253 e. The summed E-state index contributed by atoms with van der Waals surface area (Å²) in [6.07, 6.45) is 7.26. The number of benzene rings is 2. The number of aromatic nitrogens is 2. The second kappa shape index (κ2) is 8.39. The molecular weight excluding hydrogens is 364 g/mol. The van der Waals surface area contributed by atoms with Crippen molar-refractivity contribution in [2.24, 2.45) is 0 Å². The van der Waals surface area contributed by atoms with E-state index in [1.54, 1.807) is 19.6 Å². The molecule has 3 aromatic rings. The highest BCUT2D eigenvalue weighted by atomic mass is 16.5. The molecule has 0 bridgehead atoms. The number of aryl methyl sites for hydroxylation is 1. The monoisotopic (exact) mass is 390 g/mol. The molecule has 6 heteroatoms. The third kappa shape index (κ3) is 4.11. The first-order chi connectivity index (χ1) is 14.2. The fraction of sp³-hybridized carbons (Fsp3) is 0.304. The molecule has 1 N–H and O–H groups in total. The largest absolute Gasteiger partial charge is 0.495 e. The Morgan fingerprint density at radius 3 is 2.86 bits per heavy atom. The van der Waals surface area contributed by atoms with E-state index in [-0.39, 0.29) is 11.9 Å². The zero-order valence-corrected chi connectivity index (χ0v) is 16.8. The second-order valence-corrected chi connectivity index (χ2v) is 7.42. The Balaban J connectivity index is 1.53. The van der Waals surface area contributed by atoms with Crippen molar-refractivity contribution in [3.63, 3.8) is 0 Å². The van der Waals surface area contributed by atoms with E-state index in [0.29, 0.717) is 5.56 Å². The van der Waals surface area contributed by atoms with Gasteiger partial charge >= 0.3 is 0 Å². The average molecular weight is 390 g/mol. The molecular formula is C23H26N4O2. The predicted molar refractivity (Wildman–Crippen MR) is 114 cm³/mol. The first kappa shape index (κ1) is 19.1. The number of imidazole rings is 1. The number of methoxy groups -OCH3 is 1. The van der Waals surface area contributed by atoms with E-state index < -0.39 is 0 Å². The lowest BCUT2D eigenvalue weighted by Crippen LogP contribution is -2.48. The van der Waals surface area contributed by atoms with Gasteiger partial charge in [-0.1, -0.05) is 23.8 Å². The molecule has 0 radical (unpaired) electrons. The molecule has 0 spiro atoms. The van der Waals surface area contributed by atoms with Crippen LogP contribution in [0, 0.1) is 6.92 Å². The Bertz CT molecular complexity index is 984. The summed E-state index contributed by atoms with van der Waals surface area (Å²) < 4.78 is 7.39. The van der Waals surface area contributed by atoms with Crippen LogP contribution in [-0.4, -0.2) is 41.7 Å². The molecule has 1 atom stereocenters. The molecule has 1 fully saturated rings. The van der Waals surface area contributed by atoms with Gasteiger partial charge in [0.25, 0.3) is 5.91 Å². The van der Waals surface area contributed by atoms with Crippen molar-refractivity contribution in [1.29, 1.82) is 0 Å². The van der Waals surface area contributed by atoms with Gasteiger partial charge in [-0.2, -0.15) is 0 Å². The summed E-state index contributed by atoms with van der Waals surface area (Å²) in [7, 11) is 1.69. The Labute approximate surface area is 171 Å². The normalized spacial score (nSPS) is 16.5. The molecule has 2 aromatic carbocycles. The van der Waals surface area contributed by atoms with Crippen molar-refractivity contribution in [1.82, 2.24) is 14.9 Å². The van der Waals surface area contributed by atoms with Crippen LogP contribution in [0.5, 0.6) is 5.75 Å². The lowest BCUT2D eigenvalue weighted by molar-refractivity contribution is 0.0933. The third-order valence-corrected chi connectivity index (χ3v) is 5.36. The lowest BCUT2D eigenvalue weighted by Gasteiger charge is -2.35. The molecule has 1 unspecified atom stereocenters. The molecule has 150 valence electrons. The van der Waals surface area contributed by atoms with E-state index in [2.05, 4.69) is 21.3 Å². The molecule has 1 amide bonds. The van der Waals surface area contributed by atoms with Crippen LogP contribution in [0.1, 0.15) is 28.8 Å². The van der Waals surface area contributed by atoms with Crippen LogP contribution in [0.15, 0.2) is 61.2 Å². The summed E-state index contributed by atoms with van der Waals surface area (Å²) in [6.45, 7) is 3.72. The third-order valence-electron chi connectivity index (χ3n) is 5.36. The van der Waals surface area contributed by atoms with Crippen LogP contribution in [0.25, 0.3) is 5.69 Å². The van der Waals surface area contributed by atoms with Gasteiger partial charge in [0.05, 0.1) is 30.4 Å². The highest BCUT2D eigenvalue weighted by molar-refractivity contribution is 5.98. The number of amides is 1. The fourth-order valence-corrected chi connectivity index (χ4v) is 3.93. The number of piperidine rings is 1. The number of nitrogens with one attached hydrogen (secondary N) is 1. The Hall–Kier alpha value is -3.28. The van der Waals surface area contributed by atoms with Gasteiger partial charge in [0.15, 0.2) is 0 Å². The van der Waals surface area contributed by atoms with Crippen molar-refractivity contribution in [3.05, 3.63) is 72.3 Å². The summed E-state index contributed by atoms with van der Waals surface area (Å²) in [5, 5.41) is 3.25. The SMILES string of the molecule is COc1ccccc1N1CCCC(NC(=O)c2cc(C)ccc2-n2ccnc2)C1. The number of carbonyl (C=O) groups excluding carboxylic acids is 1. The van der Waals surface area contributed by atoms with Crippen LogP contribution in [0.3, 0.4) is 0 Å². The number of nitrogens with zero attached hydrogens (tertiary/aromatic N) is 3. The number of carbonyl (C=O) groups is 1. The Morgan fingerprint density at radius 1 is 1.21 bits per heavy atom. The fourth-order valence-electron chi connectivity index (χ4n) is 3.93. The van der Waals surface area contributed by atoms with E-state index >= 15 is 0 Å². The van der Waals surface area contributed by atoms with Crippen molar-refractivity contribution in [2.45, 2.75) is 25.8 Å². The van der Waals surface area contributed by atoms with Crippen molar-refractivity contribution in [2.75, 3.05) is 25.1 Å². The molecule has 0 saturated carbocycles. The van der Waals surface area contributed by atoms with E-state index in [0.717, 1.165) is 48.6 Å². The average Bonchev–Trinajstić information content (AvgIpc) is 3.28. The van der Waals surface area contributed by atoms with Gasteiger partial charge in [-0.3, -0.25) is 4.79 Å². The topological polar surface area (TPSA) is 59.4 Å². The minimum atomic E-state index is -0.0516. The maximum absolute atomic E-state index is 13.2. The van der Waals surface area contributed by atoms with Gasteiger partial charge in [0.2, 0.25) is 0 Å². The number of anilines is 1. The van der Waals surface area contributed by atoms with Gasteiger partial charge < -0.3 is 19.5 Å². The lowest BCUT2D eigenvalue weighted by atomic mass is 10.0. The molecule has 6 nitrogen and oxygen atoms in total. The maximum atomic E-state index is 13.2. The number of hydrogen-bond acceptors (Lipinski definition) is 4. The summed E-state index contributed by atoms with van der Waals surface area (Å²) in [6, 6.07) is 14.0. The molecule has 1 aliphatic rings. The van der Waals surface area contributed by atoms with Crippen LogP contribution < -0.4 is 15.0 Å². The highest BCUT2D eigenvalue weighted by Crippen LogP contribution is 2.30. The summed E-state index contributed by atoms with van der Waals surface area (Å²) in [5.41, 5.74) is 3.63. The molecule has 0 aliphatic carbocycles. The summed E-state index contributed by atoms with van der Waals surface area (Å²) in [5.74, 6) is 0.810. The maximum Gasteiger partial charge on any atom is 0.253 e. The molecule has 1 saturated heterocycles. The standard InChI is InChI=1S/C23H26N4O2/c1-17-9-10-20(27-13-11-24-16-27)19(14-17)23(28)25-18-6-5-12-26(15-18)21-7-3-4-8-22(21)29-2/h3-4,7-11,13-14,16,18H,5-6,12,15H2,1-2H3,(H,25,28). The van der Waals surface area contributed by atoms with E-state index in [4.69, 9.17) is 4.74 Å². The van der Waals surface area contributed by atoms with Crippen LogP contribution in [0.4, 0.5) is 5.69 Å². The number of para-hydroxylation sites is 2. The van der Waals surface area contributed by atoms with E-state index in [1.807, 2.05) is 54.1 Å². The highest BCUT2D eigenvalue weighted by Gasteiger charge is 2.24. The number of hydrogen-bond donors (Lipinski definition) is 1. The van der Waals surface area contributed by atoms with Crippen molar-refractivity contribution >= 4 is 11.6 Å². The minimum absolute atomic E-state index is 0.0516. The van der Waals surface area contributed by atoms with Gasteiger partial charge in [0.1, 0.15) is 5.75 Å². The van der Waals surface area contributed by atoms with E-state index in [1.165, 1.54) is 0 Å². The van der Waals surface area contributed by atoms with Gasteiger partial charge in [0, 0.05) is 31.5 Å². The van der Waals surface area contributed by atoms with Gasteiger partial charge in [-0.05, 0) is 44.0 Å². The minimum Gasteiger partial charge on any atom is -0.495 e. The number of ether oxygens (including phenoxy) is 1. The molecule has 1 aromatic heterocycles. The molecule has 1 aliphatic heterocycles. The second-order valence-electron chi connectivity index (χ2n) is 7.42. The quantitative estimate of drug-likeness (QED) is 0.723. The summed E-state index contributed by atoms with van der Waals surface area (Å²) in [4.78, 5) is 19.6. The van der Waals surface area contributed by atoms with Gasteiger partial charge in [-0.25, -0.2) is 4.98 Å². The van der Waals surface area contributed by atoms with Crippen LogP contribution in [0.2, 0.25) is 0 Å². The van der Waals surface area contributed by atoms with E-state index in [9.17, 15) is 4.79 Å². The van der Waals surface area contributed by atoms with Crippen molar-refractivity contribution in [3.8, 4) is 11.4 Å². The molecule has 29 heavy (non-hydrogen) atoms. The zero-order valence-electron chi connectivity index (χ0n) is 16.8. The van der Waals surface area contributed by atoms with Crippen LogP contribution in [-0.2, 0) is 0 Å². The van der Waals surface area contributed by atoms with Crippen LogP contribution >= 0.6 is 0 Å². The van der Waals surface area contributed by atoms with Gasteiger partial charge in [-0.15, -0.1) is 0 Å². The Kier molecular flexibility index (Phi) is 5.51. The van der Waals surface area contributed by atoms with Crippen molar-refractivity contribution < 1.29 is 9.53 Å². The molecule has 4 rings (SSSR count). The predicted octanol–water partition coefficient (Wildman–Crippen LogP) is 3.59. The molecule has 2 heterocycles. The first-order valence-corrected chi connectivity index (χ1v) is 9.93. The Morgan fingerprint density at radius 2 is 2.07 bits per heavy atom. The summed E-state index contributed by atoms with van der Waals surface area (Å²) >= 11 is 0. The zero-order chi connectivity index (χ0) is 20.2. The first-order valence-electron chi connectivity index (χ1n) is 9.93. The number of rotatable bonds is 5.